The molecular weight excluding hydrogens is 314 g/mol. The molecule has 0 saturated carbocycles. The third-order valence-corrected chi connectivity index (χ3v) is 4.87. The first-order valence-corrected chi connectivity index (χ1v) is 9.34. The predicted octanol–water partition coefficient (Wildman–Crippen LogP) is 2.77. The summed E-state index contributed by atoms with van der Waals surface area (Å²) in [6.07, 6.45) is 0.915. The normalized spacial score (nSPS) is 21.8. The average molecular weight is 345 g/mol. The Balaban J connectivity index is 1.53. The van der Waals surface area contributed by atoms with Crippen molar-refractivity contribution in [2.75, 3.05) is 26.2 Å². The van der Waals surface area contributed by atoms with Crippen LogP contribution in [0.4, 0.5) is 4.79 Å². The van der Waals surface area contributed by atoms with Gasteiger partial charge in [0, 0.05) is 45.3 Å². The van der Waals surface area contributed by atoms with Crippen LogP contribution in [0.3, 0.4) is 0 Å². The molecule has 3 rings (SSSR count). The number of carbonyl (C=O) groups is 1. The van der Waals surface area contributed by atoms with Crippen molar-refractivity contribution in [3.8, 4) is 0 Å². The van der Waals surface area contributed by atoms with Gasteiger partial charge in [-0.3, -0.25) is 4.90 Å². The number of amides is 1. The minimum Gasteiger partial charge on any atom is -0.444 e. The molecule has 1 amide bonds. The first-order chi connectivity index (χ1) is 11.8. The van der Waals surface area contributed by atoms with Crippen molar-refractivity contribution in [3.63, 3.8) is 0 Å². The molecular formula is C20H31N3O2. The number of hydrogen-bond donors (Lipinski definition) is 1. The van der Waals surface area contributed by atoms with Gasteiger partial charge < -0.3 is 15.0 Å². The number of rotatable bonds is 2. The van der Waals surface area contributed by atoms with Crippen molar-refractivity contribution < 1.29 is 9.53 Å². The first kappa shape index (κ1) is 18.2. The zero-order valence-corrected chi connectivity index (χ0v) is 16.0. The molecule has 138 valence electrons. The fraction of sp³-hybridized carbons (Fsp3) is 0.650. The summed E-state index contributed by atoms with van der Waals surface area (Å²) in [5, 5.41) is 3.51. The average Bonchev–Trinajstić information content (AvgIpc) is 2.53. The van der Waals surface area contributed by atoms with E-state index in [9.17, 15) is 4.79 Å². The first-order valence-electron chi connectivity index (χ1n) is 9.34. The van der Waals surface area contributed by atoms with Crippen LogP contribution in [0.5, 0.6) is 0 Å². The molecule has 0 spiro atoms. The number of benzene rings is 1. The van der Waals surface area contributed by atoms with E-state index in [4.69, 9.17) is 4.74 Å². The Bertz CT molecular complexity index is 616. The van der Waals surface area contributed by atoms with Crippen molar-refractivity contribution >= 4 is 6.09 Å². The molecule has 2 aliphatic heterocycles. The molecule has 25 heavy (non-hydrogen) atoms. The van der Waals surface area contributed by atoms with E-state index < -0.39 is 5.60 Å². The molecule has 1 N–H and O–H groups in total. The minimum absolute atomic E-state index is 0.192. The van der Waals surface area contributed by atoms with E-state index in [0.29, 0.717) is 6.04 Å². The van der Waals surface area contributed by atoms with Crippen molar-refractivity contribution in [1.82, 2.24) is 15.1 Å². The molecule has 1 atom stereocenters. The largest absolute Gasteiger partial charge is 0.444 e. The fourth-order valence-corrected chi connectivity index (χ4v) is 3.50. The molecule has 0 bridgehead atoms. The second kappa shape index (κ2) is 7.34. The van der Waals surface area contributed by atoms with E-state index >= 15 is 0 Å². The zero-order chi connectivity index (χ0) is 18.0. The summed E-state index contributed by atoms with van der Waals surface area (Å²) in [5.41, 5.74) is 3.86. The number of nitrogens with one attached hydrogen (secondary N) is 1. The van der Waals surface area contributed by atoms with Gasteiger partial charge in [0.25, 0.3) is 0 Å². The summed E-state index contributed by atoms with van der Waals surface area (Å²) >= 11 is 0. The minimum atomic E-state index is -0.427. The third kappa shape index (κ3) is 4.95. The molecule has 0 aliphatic carbocycles. The van der Waals surface area contributed by atoms with Gasteiger partial charge in [-0.05, 0) is 50.8 Å². The number of ether oxygens (including phenoxy) is 1. The Morgan fingerprint density at radius 1 is 1.20 bits per heavy atom. The van der Waals surface area contributed by atoms with Crippen LogP contribution in [-0.2, 0) is 24.2 Å². The molecule has 1 fully saturated rings. The van der Waals surface area contributed by atoms with Gasteiger partial charge in [-0.25, -0.2) is 4.79 Å². The Morgan fingerprint density at radius 2 is 1.92 bits per heavy atom. The van der Waals surface area contributed by atoms with Crippen LogP contribution >= 0.6 is 0 Å². The molecule has 5 nitrogen and oxygen atoms in total. The second-order valence-corrected chi connectivity index (χ2v) is 8.33. The summed E-state index contributed by atoms with van der Waals surface area (Å²) < 4.78 is 5.47. The van der Waals surface area contributed by atoms with Crippen LogP contribution in [0, 0.1) is 0 Å². The highest BCUT2D eigenvalue weighted by Crippen LogP contribution is 2.20. The lowest BCUT2D eigenvalue weighted by Gasteiger charge is -2.35. The summed E-state index contributed by atoms with van der Waals surface area (Å²) in [6, 6.07) is 7.43. The maximum absolute atomic E-state index is 12.1. The van der Waals surface area contributed by atoms with Crippen LogP contribution in [0.15, 0.2) is 18.2 Å². The molecule has 0 aromatic heterocycles. The van der Waals surface area contributed by atoms with Crippen molar-refractivity contribution in [3.05, 3.63) is 34.9 Å². The topological polar surface area (TPSA) is 44.8 Å². The van der Waals surface area contributed by atoms with E-state index in [1.807, 2.05) is 25.7 Å². The summed E-state index contributed by atoms with van der Waals surface area (Å²) in [6.45, 7) is 13.2. The quantitative estimate of drug-likeness (QED) is 0.895. The third-order valence-electron chi connectivity index (χ3n) is 4.87. The molecule has 5 heteroatoms. The fourth-order valence-electron chi connectivity index (χ4n) is 3.50. The van der Waals surface area contributed by atoms with E-state index in [-0.39, 0.29) is 6.09 Å². The zero-order valence-electron chi connectivity index (χ0n) is 16.0. The maximum atomic E-state index is 12.1. The molecule has 2 heterocycles. The van der Waals surface area contributed by atoms with Crippen LogP contribution in [-0.4, -0.2) is 53.7 Å². The van der Waals surface area contributed by atoms with Gasteiger partial charge in [0.15, 0.2) is 0 Å². The number of nitrogens with zero attached hydrogens (tertiary/aromatic N) is 2. The lowest BCUT2D eigenvalue weighted by molar-refractivity contribution is 0.0139. The van der Waals surface area contributed by atoms with Crippen LogP contribution < -0.4 is 5.32 Å². The molecule has 1 unspecified atom stereocenters. The Morgan fingerprint density at radius 3 is 2.60 bits per heavy atom. The molecule has 1 aromatic rings. The number of fused-ring (bicyclic) bond motifs is 1. The van der Waals surface area contributed by atoms with Gasteiger partial charge in [0.1, 0.15) is 5.60 Å². The second-order valence-electron chi connectivity index (χ2n) is 8.33. The highest BCUT2D eigenvalue weighted by Gasteiger charge is 2.26. The highest BCUT2D eigenvalue weighted by atomic mass is 16.6. The molecule has 1 aromatic carbocycles. The van der Waals surface area contributed by atoms with Crippen LogP contribution in [0.2, 0.25) is 0 Å². The van der Waals surface area contributed by atoms with Crippen LogP contribution in [0.1, 0.15) is 44.4 Å². The summed E-state index contributed by atoms with van der Waals surface area (Å²) in [5.74, 6) is 0. The van der Waals surface area contributed by atoms with E-state index in [2.05, 4.69) is 35.3 Å². The molecule has 0 radical (unpaired) electrons. The SMILES string of the molecule is CC1Cc2cc(CN3CCN(C(=O)OC(C)(C)C)CC3)ccc2CN1. The lowest BCUT2D eigenvalue weighted by atomic mass is 9.94. The Kier molecular flexibility index (Phi) is 5.35. The van der Waals surface area contributed by atoms with Crippen LogP contribution in [0.25, 0.3) is 0 Å². The lowest BCUT2D eigenvalue weighted by Crippen LogP contribution is -2.49. The van der Waals surface area contributed by atoms with Gasteiger partial charge in [-0.2, -0.15) is 0 Å². The molecule has 1 saturated heterocycles. The van der Waals surface area contributed by atoms with Crippen molar-refractivity contribution in [2.24, 2.45) is 0 Å². The van der Waals surface area contributed by atoms with Gasteiger partial charge in [0.2, 0.25) is 0 Å². The van der Waals surface area contributed by atoms with Gasteiger partial charge in [-0.15, -0.1) is 0 Å². The summed E-state index contributed by atoms with van der Waals surface area (Å²) in [7, 11) is 0. The summed E-state index contributed by atoms with van der Waals surface area (Å²) in [4.78, 5) is 16.4. The smallest absolute Gasteiger partial charge is 0.410 e. The van der Waals surface area contributed by atoms with Crippen molar-refractivity contribution in [1.29, 1.82) is 0 Å². The number of piperazine rings is 1. The number of hydrogen-bond acceptors (Lipinski definition) is 4. The number of carbonyl (C=O) groups excluding carboxylic acids is 1. The van der Waals surface area contributed by atoms with Gasteiger partial charge in [0.05, 0.1) is 0 Å². The predicted molar refractivity (Wildman–Crippen MR) is 99.5 cm³/mol. The van der Waals surface area contributed by atoms with E-state index in [0.717, 1.165) is 45.7 Å². The van der Waals surface area contributed by atoms with Gasteiger partial charge >= 0.3 is 6.09 Å². The van der Waals surface area contributed by atoms with E-state index in [1.54, 1.807) is 0 Å². The van der Waals surface area contributed by atoms with E-state index in [1.165, 1.54) is 16.7 Å². The standard InChI is InChI=1S/C20H31N3O2/c1-15-11-18-12-16(5-6-17(18)13-21-15)14-22-7-9-23(10-8-22)19(24)25-20(2,3)4/h5-6,12,15,21H,7-11,13-14H2,1-4H3. The van der Waals surface area contributed by atoms with Crippen molar-refractivity contribution in [2.45, 2.75) is 58.8 Å². The Labute approximate surface area is 151 Å². The monoisotopic (exact) mass is 345 g/mol. The molecule has 2 aliphatic rings. The maximum Gasteiger partial charge on any atom is 0.410 e. The van der Waals surface area contributed by atoms with Gasteiger partial charge in [-0.1, -0.05) is 18.2 Å². The highest BCUT2D eigenvalue weighted by molar-refractivity contribution is 5.68. The Hall–Kier alpha value is -1.59.